The van der Waals surface area contributed by atoms with E-state index in [4.69, 9.17) is 16.3 Å². The van der Waals surface area contributed by atoms with Crippen LogP contribution in [0.2, 0.25) is 5.02 Å². The van der Waals surface area contributed by atoms with Gasteiger partial charge >= 0.3 is 0 Å². The third kappa shape index (κ3) is 6.26. The molecule has 1 amide bonds. The van der Waals surface area contributed by atoms with Gasteiger partial charge in [0.1, 0.15) is 16.7 Å². The standard InChI is InChI=1S/C23H23ClN2O4S2/c1-30-21-12-11-17(24)14-22(21)32(28,29)26-20(13-16-7-4-3-5-8-16)23(27)25-18-9-6-10-19(15-18)31-2/h3-12,14-15,20,26H,13H2,1-2H3,(H,25,27)/t20-/m1/s1. The van der Waals surface area contributed by atoms with E-state index in [1.807, 2.05) is 54.8 Å². The summed E-state index contributed by atoms with van der Waals surface area (Å²) in [5.41, 5.74) is 1.39. The number of benzene rings is 3. The van der Waals surface area contributed by atoms with Gasteiger partial charge in [0, 0.05) is 15.6 Å². The second kappa shape index (κ2) is 10.9. The van der Waals surface area contributed by atoms with E-state index in [0.717, 1.165) is 10.5 Å². The van der Waals surface area contributed by atoms with Crippen molar-refractivity contribution in [2.75, 3.05) is 18.7 Å². The molecule has 3 aromatic carbocycles. The summed E-state index contributed by atoms with van der Waals surface area (Å²) in [6.45, 7) is 0. The molecule has 0 fully saturated rings. The molecule has 0 aromatic heterocycles. The molecule has 0 radical (unpaired) electrons. The molecule has 0 saturated carbocycles. The second-order valence-corrected chi connectivity index (χ2v) is 9.88. The Hall–Kier alpha value is -2.52. The first-order valence-corrected chi connectivity index (χ1v) is 12.8. The van der Waals surface area contributed by atoms with Crippen molar-refractivity contribution in [3.05, 3.63) is 83.4 Å². The first-order valence-electron chi connectivity index (χ1n) is 9.67. The van der Waals surface area contributed by atoms with Crippen LogP contribution in [0.1, 0.15) is 5.56 Å². The van der Waals surface area contributed by atoms with Crippen molar-refractivity contribution in [1.82, 2.24) is 4.72 Å². The topological polar surface area (TPSA) is 84.5 Å². The van der Waals surface area contributed by atoms with Crippen molar-refractivity contribution in [2.24, 2.45) is 0 Å². The molecule has 0 bridgehead atoms. The monoisotopic (exact) mass is 490 g/mol. The lowest BCUT2D eigenvalue weighted by Crippen LogP contribution is -2.45. The van der Waals surface area contributed by atoms with Crippen LogP contribution in [0.3, 0.4) is 0 Å². The van der Waals surface area contributed by atoms with Crippen molar-refractivity contribution in [3.8, 4) is 5.75 Å². The van der Waals surface area contributed by atoms with Crippen LogP contribution in [0.5, 0.6) is 5.75 Å². The van der Waals surface area contributed by atoms with Crippen LogP contribution in [0.25, 0.3) is 0 Å². The SMILES string of the molecule is COc1ccc(Cl)cc1S(=O)(=O)N[C@H](Cc1ccccc1)C(=O)Nc1cccc(SC)c1. The van der Waals surface area contributed by atoms with Crippen LogP contribution in [0.4, 0.5) is 5.69 Å². The number of hydrogen-bond acceptors (Lipinski definition) is 5. The molecule has 1 atom stereocenters. The Labute approximate surface area is 197 Å². The number of ether oxygens (including phenoxy) is 1. The molecule has 6 nitrogen and oxygen atoms in total. The summed E-state index contributed by atoms with van der Waals surface area (Å²) < 4.78 is 34.1. The van der Waals surface area contributed by atoms with Crippen molar-refractivity contribution in [3.63, 3.8) is 0 Å². The van der Waals surface area contributed by atoms with Gasteiger partial charge in [-0.05, 0) is 54.6 Å². The van der Waals surface area contributed by atoms with Crippen molar-refractivity contribution in [2.45, 2.75) is 22.3 Å². The molecule has 0 spiro atoms. The number of halogens is 1. The molecule has 0 heterocycles. The molecule has 0 aliphatic carbocycles. The molecule has 0 aliphatic heterocycles. The summed E-state index contributed by atoms with van der Waals surface area (Å²) in [6.07, 6.45) is 2.10. The number of rotatable bonds is 9. The smallest absolute Gasteiger partial charge is 0.245 e. The minimum atomic E-state index is -4.12. The molecule has 2 N–H and O–H groups in total. The molecule has 0 aliphatic rings. The predicted octanol–water partition coefficient (Wildman–Crippen LogP) is 4.60. The number of sulfonamides is 1. The maximum atomic E-state index is 13.2. The van der Waals surface area contributed by atoms with Gasteiger partial charge in [0.05, 0.1) is 7.11 Å². The Kier molecular flexibility index (Phi) is 8.20. The summed E-state index contributed by atoms with van der Waals surface area (Å²) in [7, 11) is -2.75. The molecule has 0 saturated heterocycles. The Morgan fingerprint density at radius 1 is 1.06 bits per heavy atom. The van der Waals surface area contributed by atoms with Crippen molar-refractivity contribution in [1.29, 1.82) is 0 Å². The van der Waals surface area contributed by atoms with E-state index >= 15 is 0 Å². The molecule has 3 aromatic rings. The van der Waals surface area contributed by atoms with Crippen molar-refractivity contribution >= 4 is 45.0 Å². The molecule has 9 heteroatoms. The van der Waals surface area contributed by atoms with E-state index in [2.05, 4.69) is 10.0 Å². The number of nitrogens with one attached hydrogen (secondary N) is 2. The van der Waals surface area contributed by atoms with Gasteiger partial charge in [-0.1, -0.05) is 48.0 Å². The Bertz CT molecular complexity index is 1190. The van der Waals surface area contributed by atoms with E-state index in [1.54, 1.807) is 17.8 Å². The highest BCUT2D eigenvalue weighted by atomic mass is 35.5. The molecular weight excluding hydrogens is 468 g/mol. The fourth-order valence-corrected chi connectivity index (χ4v) is 5.17. The Morgan fingerprint density at radius 3 is 2.50 bits per heavy atom. The van der Waals surface area contributed by atoms with Crippen LogP contribution in [0, 0.1) is 0 Å². The lowest BCUT2D eigenvalue weighted by molar-refractivity contribution is -0.117. The summed E-state index contributed by atoms with van der Waals surface area (Å²) in [6, 6.07) is 19.8. The summed E-state index contributed by atoms with van der Waals surface area (Å²) in [5, 5.41) is 3.05. The number of carbonyl (C=O) groups excluding carboxylic acids is 1. The summed E-state index contributed by atoms with van der Waals surface area (Å²) >= 11 is 7.56. The van der Waals surface area contributed by atoms with Gasteiger partial charge in [-0.3, -0.25) is 4.79 Å². The van der Waals surface area contributed by atoms with Gasteiger partial charge in [0.15, 0.2) is 0 Å². The van der Waals surface area contributed by atoms with E-state index < -0.39 is 22.0 Å². The second-order valence-electron chi connectivity index (χ2n) is 6.88. The van der Waals surface area contributed by atoms with Crippen molar-refractivity contribution < 1.29 is 17.9 Å². The lowest BCUT2D eigenvalue weighted by atomic mass is 10.1. The van der Waals surface area contributed by atoms with Crippen LogP contribution >= 0.6 is 23.4 Å². The summed E-state index contributed by atoms with van der Waals surface area (Å²) in [5.74, 6) is -0.342. The highest BCUT2D eigenvalue weighted by Crippen LogP contribution is 2.27. The quantitative estimate of drug-likeness (QED) is 0.428. The average Bonchev–Trinajstić information content (AvgIpc) is 2.79. The maximum Gasteiger partial charge on any atom is 0.245 e. The number of amides is 1. The zero-order chi connectivity index (χ0) is 23.1. The van der Waals surface area contributed by atoms with Gasteiger partial charge in [0.2, 0.25) is 15.9 Å². The van der Waals surface area contributed by atoms with Crippen LogP contribution in [0.15, 0.2) is 82.6 Å². The minimum Gasteiger partial charge on any atom is -0.495 e. The molecular formula is C23H23ClN2O4S2. The number of hydrogen-bond donors (Lipinski definition) is 2. The van der Waals surface area contributed by atoms with Crippen LogP contribution < -0.4 is 14.8 Å². The minimum absolute atomic E-state index is 0.133. The fourth-order valence-electron chi connectivity index (χ4n) is 3.08. The van der Waals surface area contributed by atoms with E-state index in [9.17, 15) is 13.2 Å². The van der Waals surface area contributed by atoms with Crippen LogP contribution in [-0.4, -0.2) is 33.7 Å². The van der Waals surface area contributed by atoms with Gasteiger partial charge in [-0.25, -0.2) is 8.42 Å². The number of methoxy groups -OCH3 is 1. The normalized spacial score (nSPS) is 12.2. The highest BCUT2D eigenvalue weighted by Gasteiger charge is 2.28. The fraction of sp³-hybridized carbons (Fsp3) is 0.174. The molecule has 168 valence electrons. The third-order valence-electron chi connectivity index (χ3n) is 4.65. The first kappa shape index (κ1) is 24.1. The Balaban J connectivity index is 1.92. The van der Waals surface area contributed by atoms with Gasteiger partial charge in [0.25, 0.3) is 0 Å². The summed E-state index contributed by atoms with van der Waals surface area (Å²) in [4.78, 5) is 14.0. The average molecular weight is 491 g/mol. The van der Waals surface area contributed by atoms with E-state index in [0.29, 0.717) is 5.69 Å². The number of thioether (sulfide) groups is 1. The largest absolute Gasteiger partial charge is 0.495 e. The van der Waals surface area contributed by atoms with Crippen LogP contribution in [-0.2, 0) is 21.2 Å². The maximum absolute atomic E-state index is 13.2. The molecule has 0 unspecified atom stereocenters. The van der Waals surface area contributed by atoms with E-state index in [1.165, 1.54) is 25.3 Å². The zero-order valence-corrected chi connectivity index (χ0v) is 19.9. The first-order chi connectivity index (χ1) is 15.3. The van der Waals surface area contributed by atoms with Gasteiger partial charge in [-0.15, -0.1) is 11.8 Å². The van der Waals surface area contributed by atoms with Gasteiger partial charge < -0.3 is 10.1 Å². The molecule has 32 heavy (non-hydrogen) atoms. The number of carbonyl (C=O) groups is 1. The Morgan fingerprint density at radius 2 is 1.81 bits per heavy atom. The highest BCUT2D eigenvalue weighted by molar-refractivity contribution is 7.98. The van der Waals surface area contributed by atoms with E-state index in [-0.39, 0.29) is 22.1 Å². The van der Waals surface area contributed by atoms with Gasteiger partial charge in [-0.2, -0.15) is 4.72 Å². The number of anilines is 1. The zero-order valence-electron chi connectivity index (χ0n) is 17.5. The predicted molar refractivity (Wildman–Crippen MR) is 129 cm³/mol. The third-order valence-corrected chi connectivity index (χ3v) is 7.10. The molecule has 3 rings (SSSR count). The lowest BCUT2D eigenvalue weighted by Gasteiger charge is -2.20.